The first-order valence-electron chi connectivity index (χ1n) is 7.22. The lowest BCUT2D eigenvalue weighted by Crippen LogP contribution is -2.27. The summed E-state index contributed by atoms with van der Waals surface area (Å²) in [5.74, 6) is 0. The maximum absolute atomic E-state index is 5.41. The van der Waals surface area contributed by atoms with Gasteiger partial charge in [-0.3, -0.25) is 4.98 Å². The molecule has 1 heterocycles. The predicted molar refractivity (Wildman–Crippen MR) is 80.7 cm³/mol. The van der Waals surface area contributed by atoms with Crippen LogP contribution in [-0.4, -0.2) is 38.3 Å². The van der Waals surface area contributed by atoms with Crippen molar-refractivity contribution in [2.24, 2.45) is 0 Å². The van der Waals surface area contributed by atoms with Gasteiger partial charge in [-0.1, -0.05) is 6.92 Å². The monoisotopic (exact) mass is 265 g/mol. The van der Waals surface area contributed by atoms with Crippen LogP contribution in [0.25, 0.3) is 0 Å². The Morgan fingerprint density at radius 2 is 2.11 bits per heavy atom. The third-order valence-corrected chi connectivity index (χ3v) is 3.34. The van der Waals surface area contributed by atoms with Crippen molar-refractivity contribution in [3.05, 3.63) is 24.0 Å². The number of hydrogen-bond acceptors (Lipinski definition) is 4. The minimum absolute atomic E-state index is 0.340. The van der Waals surface area contributed by atoms with Crippen LogP contribution in [0.5, 0.6) is 0 Å². The van der Waals surface area contributed by atoms with Crippen LogP contribution in [0.4, 0.5) is 5.69 Å². The lowest BCUT2D eigenvalue weighted by Gasteiger charge is -2.23. The largest absolute Gasteiger partial charge is 0.380 e. The quantitative estimate of drug-likeness (QED) is 0.696. The highest BCUT2D eigenvalue weighted by Crippen LogP contribution is 2.18. The molecule has 0 amide bonds. The lowest BCUT2D eigenvalue weighted by atomic mass is 10.1. The van der Waals surface area contributed by atoms with E-state index in [1.165, 1.54) is 0 Å². The summed E-state index contributed by atoms with van der Waals surface area (Å²) in [6.07, 6.45) is 3.01. The molecule has 4 heteroatoms. The van der Waals surface area contributed by atoms with Gasteiger partial charge in [-0.05, 0) is 39.4 Å². The molecule has 1 unspecified atom stereocenters. The van der Waals surface area contributed by atoms with Crippen LogP contribution >= 0.6 is 0 Å². The highest BCUT2D eigenvalue weighted by Gasteiger charge is 2.09. The molecule has 0 spiro atoms. The standard InChI is InChI=1S/C15H27N3O/c1-5-14(16-4)15-9-8-13(12-17-15)18(6-2)10-11-19-7-3/h8-9,12,14,16H,5-7,10-11H2,1-4H3. The highest BCUT2D eigenvalue weighted by atomic mass is 16.5. The molecule has 1 N–H and O–H groups in total. The molecule has 19 heavy (non-hydrogen) atoms. The average Bonchev–Trinajstić information content (AvgIpc) is 2.46. The molecule has 0 aliphatic heterocycles. The van der Waals surface area contributed by atoms with Crippen molar-refractivity contribution < 1.29 is 4.74 Å². The molecule has 0 radical (unpaired) electrons. The third-order valence-electron chi connectivity index (χ3n) is 3.34. The second-order valence-electron chi connectivity index (χ2n) is 4.47. The molecule has 0 saturated carbocycles. The van der Waals surface area contributed by atoms with Crippen LogP contribution in [0, 0.1) is 0 Å². The minimum Gasteiger partial charge on any atom is -0.380 e. The Hall–Kier alpha value is -1.13. The van der Waals surface area contributed by atoms with Gasteiger partial charge < -0.3 is 15.0 Å². The van der Waals surface area contributed by atoms with Gasteiger partial charge in [-0.25, -0.2) is 0 Å². The second-order valence-corrected chi connectivity index (χ2v) is 4.47. The normalized spacial score (nSPS) is 12.4. The Labute approximate surface area is 117 Å². The Balaban J connectivity index is 2.67. The summed E-state index contributed by atoms with van der Waals surface area (Å²) in [7, 11) is 1.98. The maximum atomic E-state index is 5.41. The number of rotatable bonds is 9. The first-order valence-corrected chi connectivity index (χ1v) is 7.22. The number of nitrogens with zero attached hydrogens (tertiary/aromatic N) is 2. The van der Waals surface area contributed by atoms with E-state index < -0.39 is 0 Å². The SMILES string of the molecule is CCOCCN(CC)c1ccc(C(CC)NC)nc1. The van der Waals surface area contributed by atoms with Gasteiger partial charge in [-0.2, -0.15) is 0 Å². The summed E-state index contributed by atoms with van der Waals surface area (Å²) in [4.78, 5) is 6.86. The molecule has 4 nitrogen and oxygen atoms in total. The van der Waals surface area contributed by atoms with Crippen LogP contribution in [0.3, 0.4) is 0 Å². The van der Waals surface area contributed by atoms with Crippen LogP contribution < -0.4 is 10.2 Å². The fourth-order valence-electron chi connectivity index (χ4n) is 2.14. The van der Waals surface area contributed by atoms with Crippen molar-refractivity contribution >= 4 is 5.69 Å². The Kier molecular flexibility index (Phi) is 7.45. The molecule has 0 aliphatic rings. The predicted octanol–water partition coefficient (Wildman–Crippen LogP) is 2.61. The molecule has 0 saturated heterocycles. The van der Waals surface area contributed by atoms with E-state index in [0.717, 1.165) is 44.1 Å². The van der Waals surface area contributed by atoms with E-state index in [2.05, 4.69) is 41.2 Å². The molecule has 0 aliphatic carbocycles. The van der Waals surface area contributed by atoms with Gasteiger partial charge in [0.2, 0.25) is 0 Å². The summed E-state index contributed by atoms with van der Waals surface area (Å²) >= 11 is 0. The molecular weight excluding hydrogens is 238 g/mol. The molecular formula is C15H27N3O. The molecule has 1 aromatic rings. The van der Waals surface area contributed by atoms with Gasteiger partial charge in [0.05, 0.1) is 24.2 Å². The maximum Gasteiger partial charge on any atom is 0.0641 e. The van der Waals surface area contributed by atoms with Crippen LogP contribution in [0.1, 0.15) is 38.9 Å². The van der Waals surface area contributed by atoms with Gasteiger partial charge in [0, 0.05) is 25.7 Å². The topological polar surface area (TPSA) is 37.4 Å². The Bertz CT molecular complexity index is 336. The zero-order valence-electron chi connectivity index (χ0n) is 12.6. The van der Waals surface area contributed by atoms with Gasteiger partial charge in [0.25, 0.3) is 0 Å². The van der Waals surface area contributed by atoms with Crippen molar-refractivity contribution in [3.8, 4) is 0 Å². The Morgan fingerprint density at radius 3 is 2.58 bits per heavy atom. The smallest absolute Gasteiger partial charge is 0.0641 e. The van der Waals surface area contributed by atoms with Crippen molar-refractivity contribution in [2.45, 2.75) is 33.2 Å². The average molecular weight is 265 g/mol. The molecule has 1 aromatic heterocycles. The van der Waals surface area contributed by atoms with Crippen molar-refractivity contribution in [1.29, 1.82) is 0 Å². The summed E-state index contributed by atoms with van der Waals surface area (Å²) in [6.45, 7) is 9.76. The fraction of sp³-hybridized carbons (Fsp3) is 0.667. The van der Waals surface area contributed by atoms with E-state index >= 15 is 0 Å². The lowest BCUT2D eigenvalue weighted by molar-refractivity contribution is 0.154. The van der Waals surface area contributed by atoms with E-state index in [1.807, 2.05) is 20.2 Å². The molecule has 0 fully saturated rings. The molecule has 1 atom stereocenters. The number of ether oxygens (including phenoxy) is 1. The van der Waals surface area contributed by atoms with Gasteiger partial charge in [0.15, 0.2) is 0 Å². The summed E-state index contributed by atoms with van der Waals surface area (Å²) < 4.78 is 5.41. The molecule has 1 rings (SSSR count). The molecule has 0 aromatic carbocycles. The van der Waals surface area contributed by atoms with Gasteiger partial charge in [-0.15, -0.1) is 0 Å². The Morgan fingerprint density at radius 1 is 1.32 bits per heavy atom. The summed E-state index contributed by atoms with van der Waals surface area (Å²) in [5, 5.41) is 3.28. The number of pyridine rings is 1. The molecule has 0 bridgehead atoms. The van der Waals surface area contributed by atoms with Gasteiger partial charge >= 0.3 is 0 Å². The summed E-state index contributed by atoms with van der Waals surface area (Å²) in [6, 6.07) is 4.61. The van der Waals surface area contributed by atoms with Crippen LogP contribution in [0.2, 0.25) is 0 Å². The van der Waals surface area contributed by atoms with E-state index in [1.54, 1.807) is 0 Å². The van der Waals surface area contributed by atoms with Crippen LogP contribution in [-0.2, 0) is 4.74 Å². The third kappa shape index (κ3) is 4.80. The van der Waals surface area contributed by atoms with Crippen molar-refractivity contribution in [3.63, 3.8) is 0 Å². The van der Waals surface area contributed by atoms with Crippen LogP contribution in [0.15, 0.2) is 18.3 Å². The summed E-state index contributed by atoms with van der Waals surface area (Å²) in [5.41, 5.74) is 2.27. The van der Waals surface area contributed by atoms with Crippen molar-refractivity contribution in [2.75, 3.05) is 38.3 Å². The van der Waals surface area contributed by atoms with E-state index in [0.29, 0.717) is 6.04 Å². The second kappa shape index (κ2) is 8.88. The first-order chi connectivity index (χ1) is 9.26. The number of aromatic nitrogens is 1. The number of hydrogen-bond donors (Lipinski definition) is 1. The number of anilines is 1. The highest BCUT2D eigenvalue weighted by molar-refractivity contribution is 5.44. The first kappa shape index (κ1) is 15.9. The van der Waals surface area contributed by atoms with E-state index in [4.69, 9.17) is 4.74 Å². The number of likely N-dealkylation sites (N-methyl/N-ethyl adjacent to an activating group) is 1. The minimum atomic E-state index is 0.340. The van der Waals surface area contributed by atoms with Crippen molar-refractivity contribution in [1.82, 2.24) is 10.3 Å². The van der Waals surface area contributed by atoms with E-state index in [9.17, 15) is 0 Å². The zero-order valence-corrected chi connectivity index (χ0v) is 12.6. The fourth-order valence-corrected chi connectivity index (χ4v) is 2.14. The number of nitrogens with one attached hydrogen (secondary N) is 1. The molecule has 108 valence electrons. The zero-order chi connectivity index (χ0) is 14.1. The van der Waals surface area contributed by atoms with Gasteiger partial charge in [0.1, 0.15) is 0 Å². The van der Waals surface area contributed by atoms with E-state index in [-0.39, 0.29) is 0 Å².